The van der Waals surface area contributed by atoms with E-state index in [4.69, 9.17) is 0 Å². The van der Waals surface area contributed by atoms with Crippen molar-refractivity contribution in [2.45, 2.75) is 51.4 Å². The third-order valence-electron chi connectivity index (χ3n) is 2.30. The third-order valence-corrected chi connectivity index (χ3v) is 2.30. The number of allylic oxidation sites excluding steroid dienone is 4. The van der Waals surface area contributed by atoms with Crippen LogP contribution in [0.5, 0.6) is 0 Å². The molecule has 0 atom stereocenters. The first-order valence-electron chi connectivity index (χ1n) is 5.23. The average Bonchev–Trinajstić information content (AvgIpc) is 2.05. The lowest BCUT2D eigenvalue weighted by Crippen LogP contribution is -1.80. The second-order valence-electron chi connectivity index (χ2n) is 3.47. The first kappa shape index (κ1) is 9.57. The van der Waals surface area contributed by atoms with Crippen LogP contribution in [0.25, 0.3) is 0 Å². The predicted molar refractivity (Wildman–Crippen MR) is 53.9 cm³/mol. The summed E-state index contributed by atoms with van der Waals surface area (Å²) in [4.78, 5) is 0. The van der Waals surface area contributed by atoms with Crippen molar-refractivity contribution in [1.82, 2.24) is 0 Å². The molecule has 0 nitrogen and oxygen atoms in total. The molecule has 0 spiro atoms. The fourth-order valence-electron chi connectivity index (χ4n) is 1.52. The summed E-state index contributed by atoms with van der Waals surface area (Å²) < 4.78 is 0. The summed E-state index contributed by atoms with van der Waals surface area (Å²) >= 11 is 0. The molecule has 67 valence electrons. The van der Waals surface area contributed by atoms with Gasteiger partial charge in [0, 0.05) is 0 Å². The Morgan fingerprint density at radius 3 is 2.25 bits per heavy atom. The minimum Gasteiger partial charge on any atom is -0.0839 e. The second-order valence-corrected chi connectivity index (χ2v) is 3.47. The summed E-state index contributed by atoms with van der Waals surface area (Å²) in [5, 5.41) is 0. The summed E-state index contributed by atoms with van der Waals surface area (Å²) in [5.74, 6) is 0. The van der Waals surface area contributed by atoms with Crippen molar-refractivity contribution in [3.8, 4) is 0 Å². The van der Waals surface area contributed by atoms with Crippen LogP contribution >= 0.6 is 0 Å². The highest BCUT2D eigenvalue weighted by Crippen LogP contribution is 2.09. The molecule has 0 amide bonds. The fourth-order valence-corrected chi connectivity index (χ4v) is 1.52. The van der Waals surface area contributed by atoms with Crippen LogP contribution in [0.2, 0.25) is 0 Å². The van der Waals surface area contributed by atoms with Crippen molar-refractivity contribution < 1.29 is 0 Å². The van der Waals surface area contributed by atoms with Crippen molar-refractivity contribution in [1.29, 1.82) is 0 Å². The molecular weight excluding hydrogens is 144 g/mol. The first-order chi connectivity index (χ1) is 6.00. The molecule has 0 unspecified atom stereocenters. The fraction of sp³-hybridized carbons (Fsp3) is 0.667. The molecule has 0 aromatic rings. The summed E-state index contributed by atoms with van der Waals surface area (Å²) in [6, 6.07) is 0. The summed E-state index contributed by atoms with van der Waals surface area (Å²) in [5.41, 5.74) is 0. The van der Waals surface area contributed by atoms with Gasteiger partial charge in [0.05, 0.1) is 0 Å². The molecule has 1 rings (SSSR count). The molecule has 1 aliphatic carbocycles. The lowest BCUT2D eigenvalue weighted by Gasteiger charge is -1.99. The molecule has 0 saturated heterocycles. The maximum absolute atomic E-state index is 3.20. The Bertz CT molecular complexity index is 124. The standard InChI is InChI=1S/C12H19/c1-2-4-6-8-10-12-11-9-7-5-3-1/h1-2,6H,3,5,7-12H2/b2-1-,6-4?. The normalized spacial score (nSPS) is 26.7. The Kier molecular flexibility index (Phi) is 5.70. The first-order valence-corrected chi connectivity index (χ1v) is 5.23. The van der Waals surface area contributed by atoms with Crippen LogP contribution in [0.15, 0.2) is 18.2 Å². The number of rotatable bonds is 0. The molecule has 0 aliphatic heterocycles. The van der Waals surface area contributed by atoms with Crippen LogP contribution in [0.3, 0.4) is 0 Å². The van der Waals surface area contributed by atoms with E-state index in [1.54, 1.807) is 0 Å². The summed E-state index contributed by atoms with van der Waals surface area (Å²) in [6.45, 7) is 0. The van der Waals surface area contributed by atoms with Crippen LogP contribution in [-0.2, 0) is 0 Å². The van der Waals surface area contributed by atoms with Crippen molar-refractivity contribution in [2.24, 2.45) is 0 Å². The van der Waals surface area contributed by atoms with E-state index in [1.807, 2.05) is 0 Å². The molecule has 0 saturated carbocycles. The van der Waals surface area contributed by atoms with E-state index in [0.29, 0.717) is 0 Å². The summed E-state index contributed by atoms with van der Waals surface area (Å²) in [7, 11) is 0. The predicted octanol–water partition coefficient (Wildman–Crippen LogP) is 4.04. The van der Waals surface area contributed by atoms with E-state index in [2.05, 4.69) is 24.3 Å². The van der Waals surface area contributed by atoms with Gasteiger partial charge in [-0.2, -0.15) is 0 Å². The smallest absolute Gasteiger partial charge is 0.0230 e. The molecule has 0 fully saturated rings. The Hall–Kier alpha value is -0.520. The highest BCUT2D eigenvalue weighted by atomic mass is 14.0. The SMILES string of the molecule is [C]1=C/CCCCCCCC\C=C/1. The lowest BCUT2D eigenvalue weighted by molar-refractivity contribution is 0.599. The molecule has 1 aliphatic rings. The molecule has 12 heavy (non-hydrogen) atoms. The Morgan fingerprint density at radius 1 is 0.750 bits per heavy atom. The van der Waals surface area contributed by atoms with Crippen LogP contribution in [0.1, 0.15) is 51.4 Å². The van der Waals surface area contributed by atoms with Gasteiger partial charge in [-0.3, -0.25) is 0 Å². The molecular formula is C12H19. The Balaban J connectivity index is 2.21. The molecule has 0 N–H and O–H groups in total. The van der Waals surface area contributed by atoms with Crippen molar-refractivity contribution in [3.05, 3.63) is 24.3 Å². The Labute approximate surface area is 76.4 Å². The maximum Gasteiger partial charge on any atom is -0.0230 e. The monoisotopic (exact) mass is 163 g/mol. The van der Waals surface area contributed by atoms with Crippen molar-refractivity contribution in [2.75, 3.05) is 0 Å². The van der Waals surface area contributed by atoms with Crippen molar-refractivity contribution in [3.63, 3.8) is 0 Å². The van der Waals surface area contributed by atoms with E-state index >= 15 is 0 Å². The molecule has 1 radical (unpaired) electrons. The largest absolute Gasteiger partial charge is 0.0839 e. The van der Waals surface area contributed by atoms with Gasteiger partial charge in [-0.1, -0.05) is 43.9 Å². The van der Waals surface area contributed by atoms with Crippen LogP contribution in [-0.4, -0.2) is 0 Å². The minimum atomic E-state index is 1.21. The van der Waals surface area contributed by atoms with Gasteiger partial charge in [-0.15, -0.1) is 0 Å². The number of hydrogen-bond donors (Lipinski definition) is 0. The van der Waals surface area contributed by atoms with Gasteiger partial charge in [0.25, 0.3) is 0 Å². The van der Waals surface area contributed by atoms with Gasteiger partial charge in [-0.25, -0.2) is 0 Å². The van der Waals surface area contributed by atoms with E-state index in [-0.39, 0.29) is 0 Å². The highest BCUT2D eigenvalue weighted by Gasteiger charge is 1.90. The second kappa shape index (κ2) is 7.15. The molecule has 0 heteroatoms. The van der Waals surface area contributed by atoms with E-state index in [9.17, 15) is 0 Å². The number of hydrogen-bond acceptors (Lipinski definition) is 0. The zero-order valence-electron chi connectivity index (χ0n) is 7.89. The van der Waals surface area contributed by atoms with Gasteiger partial charge in [-0.05, 0) is 31.8 Å². The summed E-state index contributed by atoms with van der Waals surface area (Å²) in [6.07, 6.45) is 20.5. The zero-order chi connectivity index (χ0) is 8.49. The molecule has 0 heterocycles. The van der Waals surface area contributed by atoms with E-state index < -0.39 is 0 Å². The molecule has 0 aromatic carbocycles. The third kappa shape index (κ3) is 5.17. The lowest BCUT2D eigenvalue weighted by atomic mass is 10.1. The topological polar surface area (TPSA) is 0 Å². The van der Waals surface area contributed by atoms with E-state index in [0.717, 1.165) is 0 Å². The van der Waals surface area contributed by atoms with Gasteiger partial charge in [0.2, 0.25) is 0 Å². The van der Waals surface area contributed by atoms with Crippen molar-refractivity contribution >= 4 is 0 Å². The Morgan fingerprint density at radius 2 is 1.42 bits per heavy atom. The highest BCUT2D eigenvalue weighted by molar-refractivity contribution is 4.95. The van der Waals surface area contributed by atoms with Gasteiger partial charge in [0.1, 0.15) is 0 Å². The average molecular weight is 163 g/mol. The van der Waals surface area contributed by atoms with Gasteiger partial charge >= 0.3 is 0 Å². The minimum absolute atomic E-state index is 1.21. The maximum atomic E-state index is 3.20. The van der Waals surface area contributed by atoms with Gasteiger partial charge in [0.15, 0.2) is 0 Å². The van der Waals surface area contributed by atoms with Crippen LogP contribution in [0, 0.1) is 6.08 Å². The van der Waals surface area contributed by atoms with Crippen LogP contribution < -0.4 is 0 Å². The zero-order valence-corrected chi connectivity index (χ0v) is 7.89. The molecule has 0 aromatic heterocycles. The van der Waals surface area contributed by atoms with Gasteiger partial charge < -0.3 is 0 Å². The van der Waals surface area contributed by atoms with Crippen LogP contribution in [0.4, 0.5) is 0 Å². The molecule has 0 bridgehead atoms. The quantitative estimate of drug-likeness (QED) is 0.505. The van der Waals surface area contributed by atoms with E-state index in [1.165, 1.54) is 51.4 Å².